The molecule has 1 saturated heterocycles. The lowest BCUT2D eigenvalue weighted by atomic mass is 9.97. The fourth-order valence-corrected chi connectivity index (χ4v) is 3.69. The third kappa shape index (κ3) is 4.91. The van der Waals surface area contributed by atoms with Gasteiger partial charge in [-0.05, 0) is 44.0 Å². The molecule has 4 rings (SSSR count). The number of amides is 1. The van der Waals surface area contributed by atoms with E-state index in [9.17, 15) is 22.4 Å². The zero-order valence-corrected chi connectivity index (χ0v) is 17.5. The van der Waals surface area contributed by atoms with E-state index in [1.807, 2.05) is 0 Å². The van der Waals surface area contributed by atoms with E-state index in [1.54, 1.807) is 17.9 Å². The highest BCUT2D eigenvalue weighted by molar-refractivity contribution is 6.00. The van der Waals surface area contributed by atoms with Crippen molar-refractivity contribution >= 4 is 5.91 Å². The molecule has 1 aliphatic rings. The molecule has 0 bridgehead atoms. The molecule has 0 saturated carbocycles. The predicted molar refractivity (Wildman–Crippen MR) is 109 cm³/mol. The van der Waals surface area contributed by atoms with Gasteiger partial charge in [0.25, 0.3) is 5.91 Å². The van der Waals surface area contributed by atoms with Crippen LogP contribution in [0.15, 0.2) is 49.1 Å². The highest BCUT2D eigenvalue weighted by Crippen LogP contribution is 2.30. The summed E-state index contributed by atoms with van der Waals surface area (Å²) in [5.74, 6) is -0.712. The topological polar surface area (TPSA) is 81.1 Å². The smallest absolute Gasteiger partial charge is 0.419 e. The summed E-state index contributed by atoms with van der Waals surface area (Å²) < 4.78 is 57.9. The van der Waals surface area contributed by atoms with Crippen molar-refractivity contribution in [2.24, 2.45) is 0 Å². The van der Waals surface area contributed by atoms with E-state index in [4.69, 9.17) is 4.74 Å². The number of ether oxygens (including phenoxy) is 1. The molecule has 3 aromatic rings. The fourth-order valence-electron chi connectivity index (χ4n) is 3.69. The molecule has 1 aromatic carbocycles. The van der Waals surface area contributed by atoms with Crippen molar-refractivity contribution in [3.05, 3.63) is 66.0 Å². The standard InChI is InChI=1S/C22H19F4N5O2/c1-13-18(33-21-29-11-14(12-30-21)22(24,25)26)4-2-9-31(13)20(32)17-10-15(23)5-6-16(17)19-27-7-3-8-28-19/h3,5-8,10-13,18H,2,4,9H2,1H3/t13-,18+/m0/s1. The third-order valence-corrected chi connectivity index (χ3v) is 5.41. The van der Waals surface area contributed by atoms with Gasteiger partial charge in [-0.3, -0.25) is 4.79 Å². The molecular weight excluding hydrogens is 442 g/mol. The second-order valence-electron chi connectivity index (χ2n) is 7.55. The first-order chi connectivity index (χ1) is 15.7. The number of halogens is 4. The first kappa shape index (κ1) is 22.6. The van der Waals surface area contributed by atoms with Gasteiger partial charge in [0.1, 0.15) is 11.9 Å². The van der Waals surface area contributed by atoms with Crippen molar-refractivity contribution in [3.63, 3.8) is 0 Å². The maximum absolute atomic E-state index is 14.0. The van der Waals surface area contributed by atoms with Crippen molar-refractivity contribution in [2.45, 2.75) is 38.1 Å². The van der Waals surface area contributed by atoms with E-state index < -0.39 is 35.6 Å². The fraction of sp³-hybridized carbons (Fsp3) is 0.318. The van der Waals surface area contributed by atoms with Gasteiger partial charge < -0.3 is 9.64 Å². The zero-order chi connectivity index (χ0) is 23.6. The van der Waals surface area contributed by atoms with Crippen LogP contribution in [-0.4, -0.2) is 49.4 Å². The van der Waals surface area contributed by atoms with E-state index in [0.717, 1.165) is 6.07 Å². The largest absolute Gasteiger partial charge is 0.458 e. The van der Waals surface area contributed by atoms with Crippen LogP contribution in [0.4, 0.5) is 17.6 Å². The molecule has 172 valence electrons. The number of likely N-dealkylation sites (tertiary alicyclic amines) is 1. The molecule has 1 amide bonds. The summed E-state index contributed by atoms with van der Waals surface area (Å²) in [5, 5.41) is 0. The van der Waals surface area contributed by atoms with Crippen molar-refractivity contribution < 1.29 is 27.1 Å². The molecule has 3 heterocycles. The van der Waals surface area contributed by atoms with Gasteiger partial charge in [-0.2, -0.15) is 13.2 Å². The summed E-state index contributed by atoms with van der Waals surface area (Å²) in [6.45, 7) is 2.16. The van der Waals surface area contributed by atoms with Crippen LogP contribution >= 0.6 is 0 Å². The van der Waals surface area contributed by atoms with Gasteiger partial charge in [0.05, 0.1) is 17.2 Å². The van der Waals surface area contributed by atoms with Crippen molar-refractivity contribution in [2.75, 3.05) is 6.54 Å². The number of nitrogens with zero attached hydrogens (tertiary/aromatic N) is 5. The average molecular weight is 461 g/mol. The number of carbonyl (C=O) groups excluding carboxylic acids is 1. The molecule has 0 radical (unpaired) electrons. The molecule has 0 aliphatic carbocycles. The molecule has 11 heteroatoms. The Kier molecular flexibility index (Phi) is 6.21. The summed E-state index contributed by atoms with van der Waals surface area (Å²) in [6, 6.07) is 4.78. The highest BCUT2D eigenvalue weighted by atomic mass is 19.4. The number of alkyl halides is 3. The zero-order valence-electron chi connectivity index (χ0n) is 17.5. The summed E-state index contributed by atoms with van der Waals surface area (Å²) in [4.78, 5) is 30.5. The first-order valence-corrected chi connectivity index (χ1v) is 10.2. The van der Waals surface area contributed by atoms with Crippen molar-refractivity contribution in [3.8, 4) is 17.4 Å². The molecule has 1 fully saturated rings. The Labute approximate surface area is 186 Å². The average Bonchev–Trinajstić information content (AvgIpc) is 2.80. The van der Waals surface area contributed by atoms with Gasteiger partial charge in [0.2, 0.25) is 0 Å². The number of hydrogen-bond acceptors (Lipinski definition) is 6. The molecular formula is C22H19F4N5O2. The Hall–Kier alpha value is -3.63. The summed E-state index contributed by atoms with van der Waals surface area (Å²) in [5.41, 5.74) is -0.479. The molecule has 0 unspecified atom stereocenters. The molecule has 2 atom stereocenters. The highest BCUT2D eigenvalue weighted by Gasteiger charge is 2.35. The van der Waals surface area contributed by atoms with Gasteiger partial charge in [0.15, 0.2) is 5.82 Å². The lowest BCUT2D eigenvalue weighted by molar-refractivity contribution is -0.138. The second kappa shape index (κ2) is 9.08. The molecule has 0 spiro atoms. The summed E-state index contributed by atoms with van der Waals surface area (Å²) >= 11 is 0. The van der Waals surface area contributed by atoms with E-state index >= 15 is 0 Å². The SMILES string of the molecule is C[C@H]1[C@H](Oc2ncc(C(F)(F)F)cn2)CCCN1C(=O)c1cc(F)ccc1-c1ncccn1. The number of rotatable bonds is 4. The van der Waals surface area contributed by atoms with Gasteiger partial charge in [-0.1, -0.05) is 0 Å². The van der Waals surface area contributed by atoms with Gasteiger partial charge in [-0.15, -0.1) is 0 Å². The van der Waals surface area contributed by atoms with Crippen LogP contribution in [0.25, 0.3) is 11.4 Å². The van der Waals surface area contributed by atoms with Crippen LogP contribution in [0.3, 0.4) is 0 Å². The number of benzene rings is 1. The summed E-state index contributed by atoms with van der Waals surface area (Å²) in [7, 11) is 0. The maximum atomic E-state index is 14.0. The number of aromatic nitrogens is 4. The van der Waals surface area contributed by atoms with E-state index in [1.165, 1.54) is 24.5 Å². The summed E-state index contributed by atoms with van der Waals surface area (Å²) in [6.07, 6.45) is 0.375. The van der Waals surface area contributed by atoms with E-state index in [-0.39, 0.29) is 17.4 Å². The number of piperidine rings is 1. The normalized spacial score (nSPS) is 18.8. The minimum atomic E-state index is -4.55. The number of carbonyl (C=O) groups is 1. The maximum Gasteiger partial charge on any atom is 0.419 e. The first-order valence-electron chi connectivity index (χ1n) is 10.2. The lowest BCUT2D eigenvalue weighted by Gasteiger charge is -2.39. The van der Waals surface area contributed by atoms with Crippen LogP contribution in [-0.2, 0) is 6.18 Å². The van der Waals surface area contributed by atoms with Crippen molar-refractivity contribution in [1.82, 2.24) is 24.8 Å². The van der Waals surface area contributed by atoms with E-state index in [0.29, 0.717) is 37.3 Å². The third-order valence-electron chi connectivity index (χ3n) is 5.41. The molecule has 33 heavy (non-hydrogen) atoms. The van der Waals surface area contributed by atoms with Crippen LogP contribution in [0.1, 0.15) is 35.7 Å². The van der Waals surface area contributed by atoms with E-state index in [2.05, 4.69) is 19.9 Å². The molecule has 1 aliphatic heterocycles. The quantitative estimate of drug-likeness (QED) is 0.543. The predicted octanol–water partition coefficient (Wildman–Crippen LogP) is 4.16. The minimum absolute atomic E-state index is 0.111. The Morgan fingerprint density at radius 2 is 1.82 bits per heavy atom. The molecule has 0 N–H and O–H groups in total. The van der Waals surface area contributed by atoms with Crippen molar-refractivity contribution in [1.29, 1.82) is 0 Å². The van der Waals surface area contributed by atoms with Crippen LogP contribution in [0.2, 0.25) is 0 Å². The van der Waals surface area contributed by atoms with Crippen LogP contribution in [0, 0.1) is 5.82 Å². The number of hydrogen-bond donors (Lipinski definition) is 0. The van der Waals surface area contributed by atoms with Gasteiger partial charge in [-0.25, -0.2) is 24.3 Å². The Bertz CT molecular complexity index is 1130. The Morgan fingerprint density at radius 3 is 2.48 bits per heavy atom. The van der Waals surface area contributed by atoms with Gasteiger partial charge in [0, 0.05) is 36.9 Å². The van der Waals surface area contributed by atoms with Crippen LogP contribution < -0.4 is 4.74 Å². The molecule has 7 nitrogen and oxygen atoms in total. The Balaban J connectivity index is 1.56. The Morgan fingerprint density at radius 1 is 1.12 bits per heavy atom. The van der Waals surface area contributed by atoms with Gasteiger partial charge >= 0.3 is 12.2 Å². The second-order valence-corrected chi connectivity index (χ2v) is 7.55. The molecule has 2 aromatic heterocycles. The minimum Gasteiger partial charge on any atom is -0.458 e. The lowest BCUT2D eigenvalue weighted by Crippen LogP contribution is -2.51. The van der Waals surface area contributed by atoms with Crippen LogP contribution in [0.5, 0.6) is 6.01 Å². The monoisotopic (exact) mass is 461 g/mol.